The zero-order chi connectivity index (χ0) is 16.8. The van der Waals surface area contributed by atoms with Gasteiger partial charge in [-0.3, -0.25) is 5.21 Å². The van der Waals surface area contributed by atoms with Gasteiger partial charge in [-0.1, -0.05) is 5.75 Å². The molecule has 2 heterocycles. The maximum Gasteiger partial charge on any atom is 0.183 e. The molecule has 0 radical (unpaired) electrons. The molecule has 1 saturated heterocycles. The van der Waals surface area contributed by atoms with E-state index in [1.807, 2.05) is 0 Å². The lowest BCUT2D eigenvalue weighted by Gasteiger charge is -2.26. The summed E-state index contributed by atoms with van der Waals surface area (Å²) in [5.74, 6) is -1.89. The van der Waals surface area contributed by atoms with E-state index >= 15 is 0 Å². The second kappa shape index (κ2) is 5.89. The van der Waals surface area contributed by atoms with Crippen LogP contribution in [0.2, 0.25) is 0 Å². The van der Waals surface area contributed by atoms with Gasteiger partial charge >= 0.3 is 0 Å². The van der Waals surface area contributed by atoms with Crippen molar-refractivity contribution in [3.05, 3.63) is 23.7 Å². The maximum absolute atomic E-state index is 14.4. The Hall–Kier alpha value is -1.87. The first-order chi connectivity index (χ1) is 11.6. The zero-order valence-corrected chi connectivity index (χ0v) is 12.8. The molecule has 1 aromatic carbocycles. The number of aliphatic hydroxyl groups excluding tert-OH is 1. The quantitative estimate of drug-likeness (QED) is 0.823. The molecular formula is C16H17FNO6-. The third-order valence-corrected chi connectivity index (χ3v) is 4.65. The SMILES string of the molecule is [O-]c1c(C2OCCO2)cc2c(N(O)[C@H]3CCC[C@@H]3O)coc2c1F. The third-order valence-electron chi connectivity index (χ3n) is 4.65. The van der Waals surface area contributed by atoms with Crippen LogP contribution in [0.4, 0.5) is 10.1 Å². The first-order valence-corrected chi connectivity index (χ1v) is 7.88. The van der Waals surface area contributed by atoms with E-state index in [1.165, 1.54) is 12.3 Å². The molecule has 1 aliphatic heterocycles. The van der Waals surface area contributed by atoms with Crippen molar-refractivity contribution in [2.75, 3.05) is 18.3 Å². The van der Waals surface area contributed by atoms with Crippen molar-refractivity contribution in [3.63, 3.8) is 0 Å². The molecule has 130 valence electrons. The Morgan fingerprint density at radius 2 is 2.00 bits per heavy atom. The van der Waals surface area contributed by atoms with E-state index < -0.39 is 30.0 Å². The Morgan fingerprint density at radius 1 is 1.25 bits per heavy atom. The fraction of sp³-hybridized carbons (Fsp3) is 0.500. The van der Waals surface area contributed by atoms with Crippen LogP contribution >= 0.6 is 0 Å². The van der Waals surface area contributed by atoms with Gasteiger partial charge < -0.3 is 24.1 Å². The summed E-state index contributed by atoms with van der Waals surface area (Å²) < 4.78 is 30.1. The number of anilines is 1. The summed E-state index contributed by atoms with van der Waals surface area (Å²) in [7, 11) is 0. The lowest BCUT2D eigenvalue weighted by Crippen LogP contribution is -2.37. The summed E-state index contributed by atoms with van der Waals surface area (Å²) in [5.41, 5.74) is -0.00194. The Kier molecular flexibility index (Phi) is 3.84. The number of ether oxygens (including phenoxy) is 2. The van der Waals surface area contributed by atoms with E-state index in [-0.39, 0.29) is 22.2 Å². The molecule has 2 atom stereocenters. The highest BCUT2D eigenvalue weighted by atomic mass is 19.1. The van der Waals surface area contributed by atoms with Crippen LogP contribution in [0.25, 0.3) is 11.0 Å². The van der Waals surface area contributed by atoms with Gasteiger partial charge in [-0.15, -0.1) is 0 Å². The van der Waals surface area contributed by atoms with E-state index in [0.717, 1.165) is 11.5 Å². The molecule has 8 heteroatoms. The summed E-state index contributed by atoms with van der Waals surface area (Å²) in [4.78, 5) is 0. The van der Waals surface area contributed by atoms with Crippen molar-refractivity contribution >= 4 is 16.7 Å². The molecule has 0 spiro atoms. The number of aliphatic hydroxyl groups is 1. The minimum atomic E-state index is -1.05. The smallest absolute Gasteiger partial charge is 0.183 e. The van der Waals surface area contributed by atoms with Gasteiger partial charge in [0.15, 0.2) is 17.7 Å². The molecule has 0 unspecified atom stereocenters. The van der Waals surface area contributed by atoms with Crippen molar-refractivity contribution < 1.29 is 33.7 Å². The number of furan rings is 1. The van der Waals surface area contributed by atoms with E-state index in [2.05, 4.69) is 0 Å². The van der Waals surface area contributed by atoms with Crippen molar-refractivity contribution in [1.29, 1.82) is 0 Å². The van der Waals surface area contributed by atoms with Crippen LogP contribution in [0.15, 0.2) is 16.7 Å². The van der Waals surface area contributed by atoms with E-state index in [9.17, 15) is 19.8 Å². The van der Waals surface area contributed by atoms with Crippen molar-refractivity contribution in [1.82, 2.24) is 0 Å². The summed E-state index contributed by atoms with van der Waals surface area (Å²) in [6.45, 7) is 0.644. The average Bonchev–Trinajstić information content (AvgIpc) is 3.30. The van der Waals surface area contributed by atoms with Crippen LogP contribution in [0.1, 0.15) is 31.1 Å². The molecule has 2 aromatic rings. The fourth-order valence-corrected chi connectivity index (χ4v) is 3.39. The van der Waals surface area contributed by atoms with Gasteiger partial charge in [0.2, 0.25) is 0 Å². The zero-order valence-electron chi connectivity index (χ0n) is 12.8. The average molecular weight is 338 g/mol. The standard InChI is InChI=1S/C16H18FNO6/c17-13-14(20)9(16-22-4-5-23-16)6-8-11(7-24-15(8)13)18(21)10-2-1-3-12(10)19/h6-7,10,12,16,19-21H,1-5H2/p-1/t10-,12-/m0/s1. The number of rotatable bonds is 3. The first kappa shape index (κ1) is 15.6. The summed E-state index contributed by atoms with van der Waals surface area (Å²) in [6, 6.07) is 0.920. The van der Waals surface area contributed by atoms with E-state index in [1.54, 1.807) is 0 Å². The molecule has 1 aromatic heterocycles. The van der Waals surface area contributed by atoms with Gasteiger partial charge in [0.05, 0.1) is 25.4 Å². The number of hydroxylamine groups is 1. The molecule has 0 bridgehead atoms. The van der Waals surface area contributed by atoms with E-state index in [0.29, 0.717) is 26.1 Å². The molecular weight excluding hydrogens is 321 g/mol. The minimum absolute atomic E-state index is 0.0283. The van der Waals surface area contributed by atoms with Gasteiger partial charge in [0, 0.05) is 10.9 Å². The van der Waals surface area contributed by atoms with Crippen LogP contribution < -0.4 is 10.2 Å². The topological polar surface area (TPSA) is 98.4 Å². The van der Waals surface area contributed by atoms with Crippen molar-refractivity contribution in [2.24, 2.45) is 0 Å². The van der Waals surface area contributed by atoms with Gasteiger partial charge in [-0.2, -0.15) is 0 Å². The fourth-order valence-electron chi connectivity index (χ4n) is 3.39. The molecule has 7 nitrogen and oxygen atoms in total. The van der Waals surface area contributed by atoms with Gasteiger partial charge in [-0.05, 0) is 25.3 Å². The Bertz CT molecular complexity index is 757. The molecule has 24 heavy (non-hydrogen) atoms. The Balaban J connectivity index is 1.79. The number of benzene rings is 1. The highest BCUT2D eigenvalue weighted by molar-refractivity contribution is 5.92. The Morgan fingerprint density at radius 3 is 2.67 bits per heavy atom. The second-order valence-electron chi connectivity index (χ2n) is 6.09. The highest BCUT2D eigenvalue weighted by Crippen LogP contribution is 2.40. The van der Waals surface area contributed by atoms with Crippen LogP contribution in [-0.4, -0.2) is 35.7 Å². The molecule has 2 N–H and O–H groups in total. The summed E-state index contributed by atoms with van der Waals surface area (Å²) in [6.07, 6.45) is 1.55. The molecule has 1 aliphatic carbocycles. The second-order valence-corrected chi connectivity index (χ2v) is 6.09. The third kappa shape index (κ3) is 2.34. The number of halogens is 1. The molecule has 0 amide bonds. The predicted molar refractivity (Wildman–Crippen MR) is 78.2 cm³/mol. The summed E-state index contributed by atoms with van der Waals surface area (Å²) >= 11 is 0. The van der Waals surface area contributed by atoms with Crippen LogP contribution in [0.5, 0.6) is 5.75 Å². The monoisotopic (exact) mass is 338 g/mol. The Labute approximate surface area is 136 Å². The number of fused-ring (bicyclic) bond motifs is 1. The molecule has 2 aliphatic rings. The normalized spacial score (nSPS) is 25.0. The number of hydrogen-bond acceptors (Lipinski definition) is 7. The van der Waals surface area contributed by atoms with Crippen LogP contribution in [-0.2, 0) is 9.47 Å². The first-order valence-electron chi connectivity index (χ1n) is 7.88. The van der Waals surface area contributed by atoms with Crippen molar-refractivity contribution in [3.8, 4) is 5.75 Å². The van der Waals surface area contributed by atoms with Crippen LogP contribution in [0, 0.1) is 5.82 Å². The van der Waals surface area contributed by atoms with E-state index in [4.69, 9.17) is 13.9 Å². The highest BCUT2D eigenvalue weighted by Gasteiger charge is 2.33. The van der Waals surface area contributed by atoms with Gasteiger partial charge in [0.25, 0.3) is 0 Å². The number of hydrogen-bond donors (Lipinski definition) is 2. The largest absolute Gasteiger partial charge is 0.870 e. The maximum atomic E-state index is 14.4. The van der Waals surface area contributed by atoms with Crippen molar-refractivity contribution in [2.45, 2.75) is 37.7 Å². The van der Waals surface area contributed by atoms with Crippen LogP contribution in [0.3, 0.4) is 0 Å². The minimum Gasteiger partial charge on any atom is -0.870 e. The molecule has 1 saturated carbocycles. The summed E-state index contributed by atoms with van der Waals surface area (Å²) in [5, 5.41) is 33.7. The molecule has 2 fully saturated rings. The predicted octanol–water partition coefficient (Wildman–Crippen LogP) is 1.80. The number of nitrogens with zero attached hydrogens (tertiary/aromatic N) is 1. The lowest BCUT2D eigenvalue weighted by atomic mass is 10.1. The molecule has 4 rings (SSSR count). The lowest BCUT2D eigenvalue weighted by molar-refractivity contribution is -0.276. The van der Waals surface area contributed by atoms with Gasteiger partial charge in [-0.25, -0.2) is 9.45 Å². The van der Waals surface area contributed by atoms with Gasteiger partial charge in [0.1, 0.15) is 12.0 Å².